The standard InChI is InChI=1S/C16H35N3/c1-6-16(12-17-11-14(2)3)19(5)13-15-7-9-18(4)10-8-15/h14-17H,6-13H2,1-5H3. The molecule has 1 unspecified atom stereocenters. The molecule has 0 aromatic carbocycles. The minimum Gasteiger partial charge on any atom is -0.315 e. The van der Waals surface area contributed by atoms with Gasteiger partial charge >= 0.3 is 0 Å². The molecule has 1 fully saturated rings. The number of hydrogen-bond acceptors (Lipinski definition) is 3. The van der Waals surface area contributed by atoms with Gasteiger partial charge in [0, 0.05) is 19.1 Å². The summed E-state index contributed by atoms with van der Waals surface area (Å²) in [6, 6.07) is 0.693. The molecule has 0 aromatic rings. The Morgan fingerprint density at radius 3 is 2.37 bits per heavy atom. The van der Waals surface area contributed by atoms with E-state index in [4.69, 9.17) is 0 Å². The molecule has 1 saturated heterocycles. The molecule has 0 radical (unpaired) electrons. The fourth-order valence-corrected chi connectivity index (χ4v) is 2.95. The van der Waals surface area contributed by atoms with Crippen LogP contribution in [0, 0.1) is 11.8 Å². The number of rotatable bonds is 8. The molecule has 3 heteroatoms. The number of likely N-dealkylation sites (N-methyl/N-ethyl adjacent to an activating group) is 1. The van der Waals surface area contributed by atoms with Crippen molar-refractivity contribution in [3.8, 4) is 0 Å². The summed E-state index contributed by atoms with van der Waals surface area (Å²) >= 11 is 0. The number of likely N-dealkylation sites (tertiary alicyclic amines) is 1. The van der Waals surface area contributed by atoms with Crippen LogP contribution in [0.1, 0.15) is 40.0 Å². The lowest BCUT2D eigenvalue weighted by Crippen LogP contribution is -2.44. The first-order valence-electron chi connectivity index (χ1n) is 8.12. The molecule has 3 nitrogen and oxygen atoms in total. The van der Waals surface area contributed by atoms with E-state index in [0.717, 1.165) is 24.9 Å². The second kappa shape index (κ2) is 8.93. The van der Waals surface area contributed by atoms with Crippen molar-refractivity contribution >= 4 is 0 Å². The fourth-order valence-electron chi connectivity index (χ4n) is 2.95. The molecule has 1 atom stereocenters. The van der Waals surface area contributed by atoms with Gasteiger partial charge in [-0.05, 0) is 64.8 Å². The molecule has 0 aliphatic carbocycles. The molecule has 1 aliphatic heterocycles. The third-order valence-electron chi connectivity index (χ3n) is 4.41. The van der Waals surface area contributed by atoms with Crippen LogP contribution in [-0.4, -0.2) is 62.7 Å². The van der Waals surface area contributed by atoms with E-state index in [2.05, 4.69) is 50.0 Å². The Labute approximate surface area is 120 Å². The summed E-state index contributed by atoms with van der Waals surface area (Å²) in [6.45, 7) is 13.0. The van der Waals surface area contributed by atoms with Crippen LogP contribution in [-0.2, 0) is 0 Å². The van der Waals surface area contributed by atoms with E-state index in [-0.39, 0.29) is 0 Å². The van der Waals surface area contributed by atoms with Gasteiger partial charge in [-0.3, -0.25) is 0 Å². The molecular formula is C16H35N3. The van der Waals surface area contributed by atoms with Crippen molar-refractivity contribution in [1.82, 2.24) is 15.1 Å². The van der Waals surface area contributed by atoms with Crippen molar-refractivity contribution in [2.75, 3.05) is 46.8 Å². The molecule has 1 rings (SSSR count). The van der Waals surface area contributed by atoms with Crippen molar-refractivity contribution in [3.05, 3.63) is 0 Å². The van der Waals surface area contributed by atoms with E-state index in [9.17, 15) is 0 Å². The highest BCUT2D eigenvalue weighted by molar-refractivity contribution is 4.77. The zero-order chi connectivity index (χ0) is 14.3. The Kier molecular flexibility index (Phi) is 7.96. The number of hydrogen-bond donors (Lipinski definition) is 1. The Morgan fingerprint density at radius 1 is 1.21 bits per heavy atom. The van der Waals surface area contributed by atoms with Crippen molar-refractivity contribution in [3.63, 3.8) is 0 Å². The summed E-state index contributed by atoms with van der Waals surface area (Å²) in [5.74, 6) is 1.65. The SMILES string of the molecule is CCC(CNCC(C)C)N(C)CC1CCN(C)CC1. The van der Waals surface area contributed by atoms with Gasteiger partial charge < -0.3 is 15.1 Å². The van der Waals surface area contributed by atoms with Gasteiger partial charge in [-0.1, -0.05) is 20.8 Å². The molecule has 0 bridgehead atoms. The monoisotopic (exact) mass is 269 g/mol. The molecule has 1 heterocycles. The quantitative estimate of drug-likeness (QED) is 0.729. The van der Waals surface area contributed by atoms with Crippen LogP contribution >= 0.6 is 0 Å². The lowest BCUT2D eigenvalue weighted by atomic mass is 9.96. The van der Waals surface area contributed by atoms with Gasteiger partial charge in [-0.25, -0.2) is 0 Å². The third-order valence-corrected chi connectivity index (χ3v) is 4.41. The fraction of sp³-hybridized carbons (Fsp3) is 1.00. The molecule has 0 aromatic heterocycles. The maximum Gasteiger partial charge on any atom is 0.0215 e. The van der Waals surface area contributed by atoms with Crippen molar-refractivity contribution < 1.29 is 0 Å². The van der Waals surface area contributed by atoms with Crippen molar-refractivity contribution in [2.24, 2.45) is 11.8 Å². The largest absolute Gasteiger partial charge is 0.315 e. The first-order valence-corrected chi connectivity index (χ1v) is 8.12. The molecule has 114 valence electrons. The second-order valence-electron chi connectivity index (χ2n) is 6.80. The summed E-state index contributed by atoms with van der Waals surface area (Å²) in [7, 11) is 4.55. The highest BCUT2D eigenvalue weighted by Crippen LogP contribution is 2.18. The Morgan fingerprint density at radius 2 is 1.84 bits per heavy atom. The van der Waals surface area contributed by atoms with Gasteiger partial charge in [0.25, 0.3) is 0 Å². The first-order chi connectivity index (χ1) is 9.02. The zero-order valence-corrected chi connectivity index (χ0v) is 13.8. The molecule has 0 spiro atoms. The van der Waals surface area contributed by atoms with Gasteiger partial charge in [-0.2, -0.15) is 0 Å². The van der Waals surface area contributed by atoms with Gasteiger partial charge in [0.15, 0.2) is 0 Å². The molecule has 1 aliphatic rings. The molecule has 0 amide bonds. The van der Waals surface area contributed by atoms with Crippen LogP contribution in [0.5, 0.6) is 0 Å². The van der Waals surface area contributed by atoms with Gasteiger partial charge in [0.2, 0.25) is 0 Å². The first kappa shape index (κ1) is 16.9. The van der Waals surface area contributed by atoms with Crippen LogP contribution in [0.25, 0.3) is 0 Å². The average Bonchev–Trinajstić information content (AvgIpc) is 2.37. The lowest BCUT2D eigenvalue weighted by molar-refractivity contribution is 0.145. The normalized spacial score (nSPS) is 20.4. The minimum absolute atomic E-state index is 0.693. The van der Waals surface area contributed by atoms with Crippen LogP contribution in [0.4, 0.5) is 0 Å². The predicted octanol–water partition coefficient (Wildman–Crippen LogP) is 2.28. The van der Waals surface area contributed by atoms with E-state index in [1.54, 1.807) is 0 Å². The van der Waals surface area contributed by atoms with Crippen molar-refractivity contribution in [2.45, 2.75) is 46.1 Å². The Bertz CT molecular complexity index is 222. The highest BCUT2D eigenvalue weighted by atomic mass is 15.2. The summed E-state index contributed by atoms with van der Waals surface area (Å²) in [5.41, 5.74) is 0. The van der Waals surface area contributed by atoms with E-state index >= 15 is 0 Å². The summed E-state index contributed by atoms with van der Waals surface area (Å²) in [5, 5.41) is 3.61. The lowest BCUT2D eigenvalue weighted by Gasteiger charge is -2.35. The molecular weight excluding hydrogens is 234 g/mol. The second-order valence-corrected chi connectivity index (χ2v) is 6.80. The topological polar surface area (TPSA) is 18.5 Å². The maximum absolute atomic E-state index is 3.61. The number of nitrogens with zero attached hydrogens (tertiary/aromatic N) is 2. The van der Waals surface area contributed by atoms with Gasteiger partial charge in [0.05, 0.1) is 0 Å². The highest BCUT2D eigenvalue weighted by Gasteiger charge is 2.21. The van der Waals surface area contributed by atoms with Crippen LogP contribution in [0.3, 0.4) is 0 Å². The van der Waals surface area contributed by atoms with Crippen molar-refractivity contribution in [1.29, 1.82) is 0 Å². The smallest absolute Gasteiger partial charge is 0.0215 e. The third kappa shape index (κ3) is 6.73. The molecule has 19 heavy (non-hydrogen) atoms. The predicted molar refractivity (Wildman–Crippen MR) is 84.6 cm³/mol. The number of nitrogens with one attached hydrogen (secondary N) is 1. The Balaban J connectivity index is 2.26. The molecule has 0 saturated carbocycles. The zero-order valence-electron chi connectivity index (χ0n) is 13.8. The summed E-state index contributed by atoms with van der Waals surface area (Å²) < 4.78 is 0. The van der Waals surface area contributed by atoms with Crippen LogP contribution in [0.15, 0.2) is 0 Å². The van der Waals surface area contributed by atoms with E-state index < -0.39 is 0 Å². The van der Waals surface area contributed by atoms with Gasteiger partial charge in [-0.15, -0.1) is 0 Å². The Hall–Kier alpha value is -0.120. The maximum atomic E-state index is 3.61. The number of piperidine rings is 1. The van der Waals surface area contributed by atoms with E-state index in [1.165, 1.54) is 38.9 Å². The summed E-state index contributed by atoms with van der Waals surface area (Å²) in [4.78, 5) is 5.04. The van der Waals surface area contributed by atoms with Gasteiger partial charge in [0.1, 0.15) is 0 Å². The average molecular weight is 269 g/mol. The van der Waals surface area contributed by atoms with Crippen LogP contribution in [0.2, 0.25) is 0 Å². The molecule has 1 N–H and O–H groups in total. The van der Waals surface area contributed by atoms with E-state index in [0.29, 0.717) is 6.04 Å². The minimum atomic E-state index is 0.693. The van der Waals surface area contributed by atoms with E-state index in [1.807, 2.05) is 0 Å². The van der Waals surface area contributed by atoms with Crippen LogP contribution < -0.4 is 5.32 Å². The summed E-state index contributed by atoms with van der Waals surface area (Å²) in [6.07, 6.45) is 3.99.